The predicted molar refractivity (Wildman–Crippen MR) is 101 cm³/mol. The number of nitrogens with one attached hydrogen (secondary N) is 1. The molecule has 0 amide bonds. The summed E-state index contributed by atoms with van der Waals surface area (Å²) in [4.78, 5) is 21.4. The number of benzene rings is 1. The van der Waals surface area contributed by atoms with Gasteiger partial charge in [0, 0.05) is 23.0 Å². The second kappa shape index (κ2) is 5.75. The minimum atomic E-state index is -0.250. The molecule has 8 nitrogen and oxygen atoms in total. The zero-order valence-electron chi connectivity index (χ0n) is 14.1. The topological polar surface area (TPSA) is 93.8 Å². The summed E-state index contributed by atoms with van der Waals surface area (Å²) in [5.41, 5.74) is 3.79. The third-order valence-electron chi connectivity index (χ3n) is 4.45. The number of pyridine rings is 1. The van der Waals surface area contributed by atoms with Gasteiger partial charge in [-0.2, -0.15) is 15.2 Å². The number of aromatic amines is 1. The standard InChI is InChI=1S/C18H12ClN7O/c1-10-15(11-2-4-12(19)5-3-11)16-20-8-13-14(26(16)24-10)6-7-25(17(13)27)18-21-9-22-23-18/h2-9H,1H3,(H,21,22,23). The van der Waals surface area contributed by atoms with E-state index in [0.717, 1.165) is 16.8 Å². The van der Waals surface area contributed by atoms with Crippen molar-refractivity contribution < 1.29 is 0 Å². The first-order chi connectivity index (χ1) is 13.1. The molecular formula is C18H12ClN7O. The summed E-state index contributed by atoms with van der Waals surface area (Å²) in [6.45, 7) is 1.92. The largest absolute Gasteiger partial charge is 0.268 e. The number of H-pyrrole nitrogens is 1. The lowest BCUT2D eigenvalue weighted by molar-refractivity contribution is 0.892. The highest BCUT2D eigenvalue weighted by molar-refractivity contribution is 6.30. The van der Waals surface area contributed by atoms with Crippen molar-refractivity contribution in [2.45, 2.75) is 6.92 Å². The van der Waals surface area contributed by atoms with E-state index in [1.54, 1.807) is 16.9 Å². The third kappa shape index (κ3) is 2.34. The van der Waals surface area contributed by atoms with Gasteiger partial charge in [-0.1, -0.05) is 23.7 Å². The monoisotopic (exact) mass is 377 g/mol. The van der Waals surface area contributed by atoms with Gasteiger partial charge in [0.05, 0.1) is 16.6 Å². The smallest absolute Gasteiger partial charge is 0.268 e. The molecule has 4 aromatic heterocycles. The van der Waals surface area contributed by atoms with Crippen LogP contribution in [0.3, 0.4) is 0 Å². The third-order valence-corrected chi connectivity index (χ3v) is 4.70. The summed E-state index contributed by atoms with van der Waals surface area (Å²) in [6, 6.07) is 9.33. The van der Waals surface area contributed by atoms with Gasteiger partial charge < -0.3 is 0 Å². The molecule has 5 aromatic rings. The fourth-order valence-electron chi connectivity index (χ4n) is 3.21. The van der Waals surface area contributed by atoms with Crippen molar-refractivity contribution in [3.05, 3.63) is 70.1 Å². The van der Waals surface area contributed by atoms with Crippen LogP contribution in [0.15, 0.2) is 53.8 Å². The molecular weight excluding hydrogens is 366 g/mol. The van der Waals surface area contributed by atoms with Gasteiger partial charge in [-0.15, -0.1) is 0 Å². The number of nitrogens with zero attached hydrogens (tertiary/aromatic N) is 6. The summed E-state index contributed by atoms with van der Waals surface area (Å²) in [5, 5.41) is 12.2. The number of hydrogen-bond acceptors (Lipinski definition) is 5. The Bertz CT molecular complexity index is 1350. The lowest BCUT2D eigenvalue weighted by Gasteiger charge is -2.05. The molecule has 1 aromatic carbocycles. The molecule has 0 unspecified atom stereocenters. The van der Waals surface area contributed by atoms with E-state index in [4.69, 9.17) is 11.6 Å². The molecule has 132 valence electrons. The molecule has 0 atom stereocenters. The van der Waals surface area contributed by atoms with Gasteiger partial charge in [0.2, 0.25) is 5.95 Å². The van der Waals surface area contributed by atoms with Gasteiger partial charge in [-0.3, -0.25) is 9.36 Å². The Labute approximate surface area is 157 Å². The number of aryl methyl sites for hydroxylation is 1. The predicted octanol–water partition coefficient (Wildman–Crippen LogP) is 2.78. The Morgan fingerprint density at radius 3 is 2.67 bits per heavy atom. The Kier molecular flexibility index (Phi) is 3.34. The van der Waals surface area contributed by atoms with Crippen LogP contribution < -0.4 is 5.56 Å². The first-order valence-corrected chi connectivity index (χ1v) is 8.52. The second-order valence-electron chi connectivity index (χ2n) is 6.06. The Hall–Kier alpha value is -3.52. The highest BCUT2D eigenvalue weighted by Gasteiger charge is 2.17. The number of hydrogen-bond donors (Lipinski definition) is 1. The van der Waals surface area contributed by atoms with E-state index in [1.165, 1.54) is 10.9 Å². The van der Waals surface area contributed by atoms with Gasteiger partial charge in [0.1, 0.15) is 6.33 Å². The molecule has 4 heterocycles. The lowest BCUT2D eigenvalue weighted by atomic mass is 10.1. The van der Waals surface area contributed by atoms with Crippen LogP contribution in [0.2, 0.25) is 5.02 Å². The first-order valence-electron chi connectivity index (χ1n) is 8.15. The molecule has 0 fully saturated rings. The van der Waals surface area contributed by atoms with Crippen LogP contribution in [0.1, 0.15) is 5.69 Å². The average Bonchev–Trinajstić information content (AvgIpc) is 3.30. The van der Waals surface area contributed by atoms with Gasteiger partial charge in [0.25, 0.3) is 5.56 Å². The maximum Gasteiger partial charge on any atom is 0.268 e. The number of halogens is 1. The molecule has 0 bridgehead atoms. The molecule has 27 heavy (non-hydrogen) atoms. The van der Waals surface area contributed by atoms with E-state index in [9.17, 15) is 4.79 Å². The van der Waals surface area contributed by atoms with E-state index in [2.05, 4.69) is 25.3 Å². The van der Waals surface area contributed by atoms with Crippen molar-refractivity contribution in [2.24, 2.45) is 0 Å². The summed E-state index contributed by atoms with van der Waals surface area (Å²) in [6.07, 6.45) is 4.56. The highest BCUT2D eigenvalue weighted by atomic mass is 35.5. The summed E-state index contributed by atoms with van der Waals surface area (Å²) in [7, 11) is 0. The summed E-state index contributed by atoms with van der Waals surface area (Å²) in [5.74, 6) is 0.348. The Morgan fingerprint density at radius 1 is 1.11 bits per heavy atom. The van der Waals surface area contributed by atoms with Crippen molar-refractivity contribution in [3.63, 3.8) is 0 Å². The molecule has 5 rings (SSSR count). The molecule has 0 saturated heterocycles. The fraction of sp³-hybridized carbons (Fsp3) is 0.0556. The van der Waals surface area contributed by atoms with Gasteiger partial charge in [-0.05, 0) is 30.7 Å². The molecule has 0 radical (unpaired) electrons. The van der Waals surface area contributed by atoms with Crippen LogP contribution in [0.4, 0.5) is 0 Å². The van der Waals surface area contributed by atoms with Crippen molar-refractivity contribution in [3.8, 4) is 17.1 Å². The Balaban J connectivity index is 1.79. The van der Waals surface area contributed by atoms with E-state index >= 15 is 0 Å². The fourth-order valence-corrected chi connectivity index (χ4v) is 3.34. The van der Waals surface area contributed by atoms with E-state index < -0.39 is 0 Å². The van der Waals surface area contributed by atoms with Crippen LogP contribution in [-0.4, -0.2) is 34.3 Å². The molecule has 0 saturated carbocycles. The number of aromatic nitrogens is 7. The molecule has 0 aliphatic heterocycles. The number of fused-ring (bicyclic) bond motifs is 3. The van der Waals surface area contributed by atoms with E-state index in [1.807, 2.05) is 37.3 Å². The molecule has 9 heteroatoms. The normalized spacial score (nSPS) is 11.5. The summed E-state index contributed by atoms with van der Waals surface area (Å²) < 4.78 is 3.08. The van der Waals surface area contributed by atoms with Gasteiger partial charge in [0.15, 0.2) is 5.65 Å². The van der Waals surface area contributed by atoms with Crippen LogP contribution >= 0.6 is 11.6 Å². The minimum Gasteiger partial charge on any atom is -0.268 e. The quantitative estimate of drug-likeness (QED) is 0.510. The molecule has 0 aliphatic rings. The summed E-state index contributed by atoms with van der Waals surface area (Å²) >= 11 is 6.00. The average molecular weight is 378 g/mol. The van der Waals surface area contributed by atoms with Crippen molar-refractivity contribution in [2.75, 3.05) is 0 Å². The van der Waals surface area contributed by atoms with Crippen molar-refractivity contribution >= 4 is 28.2 Å². The zero-order chi connectivity index (χ0) is 18.5. The van der Waals surface area contributed by atoms with Gasteiger partial charge in [-0.25, -0.2) is 14.6 Å². The lowest BCUT2D eigenvalue weighted by Crippen LogP contribution is -2.19. The van der Waals surface area contributed by atoms with Gasteiger partial charge >= 0.3 is 0 Å². The van der Waals surface area contributed by atoms with Crippen LogP contribution in [0, 0.1) is 6.92 Å². The molecule has 0 spiro atoms. The second-order valence-corrected chi connectivity index (χ2v) is 6.50. The molecule has 0 aliphatic carbocycles. The maximum absolute atomic E-state index is 12.8. The van der Waals surface area contributed by atoms with Crippen LogP contribution in [0.25, 0.3) is 33.6 Å². The molecule has 1 N–H and O–H groups in total. The van der Waals surface area contributed by atoms with Crippen LogP contribution in [0.5, 0.6) is 0 Å². The van der Waals surface area contributed by atoms with Crippen LogP contribution in [-0.2, 0) is 0 Å². The SMILES string of the molecule is Cc1nn2c(ncc3c(=O)n(-c4ncn[nH]4)ccc32)c1-c1ccc(Cl)cc1. The highest BCUT2D eigenvalue weighted by Crippen LogP contribution is 2.29. The first kappa shape index (κ1) is 15.7. The van der Waals surface area contributed by atoms with E-state index in [-0.39, 0.29) is 5.56 Å². The van der Waals surface area contributed by atoms with Crippen molar-refractivity contribution in [1.29, 1.82) is 0 Å². The number of rotatable bonds is 2. The van der Waals surface area contributed by atoms with Crippen molar-refractivity contribution in [1.82, 2.24) is 34.3 Å². The Morgan fingerprint density at radius 2 is 1.93 bits per heavy atom. The maximum atomic E-state index is 12.8. The zero-order valence-corrected chi connectivity index (χ0v) is 14.8. The van der Waals surface area contributed by atoms with E-state index in [0.29, 0.717) is 27.5 Å². The minimum absolute atomic E-state index is 0.250.